The number of esters is 1. The maximum atomic E-state index is 12.1. The highest BCUT2D eigenvalue weighted by Crippen LogP contribution is 2.08. The van der Waals surface area contributed by atoms with E-state index >= 15 is 0 Å². The molecule has 0 spiro atoms. The zero-order chi connectivity index (χ0) is 13.8. The molecular formula is C14H14ClNO3. The molecule has 5 heteroatoms. The Labute approximate surface area is 115 Å². The van der Waals surface area contributed by atoms with Gasteiger partial charge in [-0.3, -0.25) is 9.20 Å². The van der Waals surface area contributed by atoms with Crippen LogP contribution in [0.25, 0.3) is 5.52 Å². The number of hydrogen-bond donors (Lipinski definition) is 0. The number of aromatic nitrogens is 1. The molecule has 0 amide bonds. The van der Waals surface area contributed by atoms with E-state index in [0.29, 0.717) is 5.88 Å². The number of ether oxygens (including phenoxy) is 1. The van der Waals surface area contributed by atoms with Gasteiger partial charge >= 0.3 is 5.97 Å². The fourth-order valence-corrected chi connectivity index (χ4v) is 2.09. The lowest BCUT2D eigenvalue weighted by atomic mass is 10.1. The second kappa shape index (κ2) is 5.89. The van der Waals surface area contributed by atoms with Crippen LogP contribution in [0.15, 0.2) is 35.3 Å². The summed E-state index contributed by atoms with van der Waals surface area (Å²) in [5.41, 5.74) is 1.47. The molecule has 0 N–H and O–H groups in total. The minimum absolute atomic E-state index is 0.0458. The van der Waals surface area contributed by atoms with Crippen LogP contribution >= 0.6 is 11.6 Å². The third-order valence-corrected chi connectivity index (χ3v) is 2.99. The van der Waals surface area contributed by atoms with Gasteiger partial charge in [0.1, 0.15) is 5.56 Å². The number of pyridine rings is 2. The predicted molar refractivity (Wildman–Crippen MR) is 74.0 cm³/mol. The number of nitrogens with zero attached hydrogens (tertiary/aromatic N) is 1. The summed E-state index contributed by atoms with van der Waals surface area (Å²) in [5, 5.41) is 0. The van der Waals surface area contributed by atoms with Gasteiger partial charge in [0.15, 0.2) is 0 Å². The smallest absolute Gasteiger partial charge is 0.343 e. The molecule has 0 bridgehead atoms. The van der Waals surface area contributed by atoms with Crippen molar-refractivity contribution in [2.45, 2.75) is 13.3 Å². The average Bonchev–Trinajstić information content (AvgIpc) is 2.39. The van der Waals surface area contributed by atoms with E-state index in [1.54, 1.807) is 19.2 Å². The Hall–Kier alpha value is -1.81. The van der Waals surface area contributed by atoms with Crippen LogP contribution in [0.1, 0.15) is 22.8 Å². The Kier molecular flexibility index (Phi) is 4.22. The predicted octanol–water partition coefficient (Wildman–Crippen LogP) is 2.26. The first-order chi connectivity index (χ1) is 9.17. The van der Waals surface area contributed by atoms with Crippen molar-refractivity contribution in [1.29, 1.82) is 0 Å². The van der Waals surface area contributed by atoms with Gasteiger partial charge in [-0.25, -0.2) is 4.79 Å². The van der Waals surface area contributed by atoms with Gasteiger partial charge in [-0.15, -0.1) is 11.6 Å². The molecule has 2 rings (SSSR count). The van der Waals surface area contributed by atoms with Gasteiger partial charge in [-0.2, -0.15) is 0 Å². The largest absolute Gasteiger partial charge is 0.462 e. The lowest BCUT2D eigenvalue weighted by Crippen LogP contribution is -2.23. The van der Waals surface area contributed by atoms with Gasteiger partial charge in [0.2, 0.25) is 0 Å². The van der Waals surface area contributed by atoms with Crippen molar-refractivity contribution in [3.05, 3.63) is 51.9 Å². The zero-order valence-electron chi connectivity index (χ0n) is 10.6. The molecule has 19 heavy (non-hydrogen) atoms. The summed E-state index contributed by atoms with van der Waals surface area (Å²) >= 11 is 5.69. The van der Waals surface area contributed by atoms with Crippen molar-refractivity contribution in [2.24, 2.45) is 0 Å². The number of aryl methyl sites for hydroxylation is 1. The Morgan fingerprint density at radius 2 is 2.16 bits per heavy atom. The van der Waals surface area contributed by atoms with Crippen LogP contribution < -0.4 is 5.56 Å². The molecule has 0 saturated heterocycles. The van der Waals surface area contributed by atoms with Gasteiger partial charge in [-0.1, -0.05) is 0 Å². The van der Waals surface area contributed by atoms with Crippen LogP contribution in [0.5, 0.6) is 0 Å². The molecule has 0 fully saturated rings. The summed E-state index contributed by atoms with van der Waals surface area (Å²) in [6, 6.07) is 6.94. The molecule has 0 unspecified atom stereocenters. The highest BCUT2D eigenvalue weighted by Gasteiger charge is 2.13. The number of carbonyl (C=O) groups excluding carboxylic acids is 1. The third-order valence-electron chi connectivity index (χ3n) is 2.80. The first-order valence-corrected chi connectivity index (χ1v) is 6.58. The summed E-state index contributed by atoms with van der Waals surface area (Å²) in [7, 11) is 0. The van der Waals surface area contributed by atoms with Gasteiger partial charge in [0.05, 0.1) is 6.61 Å². The Balaban J connectivity index is 2.51. The first-order valence-electron chi connectivity index (χ1n) is 6.04. The van der Waals surface area contributed by atoms with Crippen molar-refractivity contribution < 1.29 is 9.53 Å². The molecule has 0 saturated carbocycles. The van der Waals surface area contributed by atoms with Crippen molar-refractivity contribution in [3.63, 3.8) is 0 Å². The van der Waals surface area contributed by atoms with Gasteiger partial charge < -0.3 is 4.74 Å². The number of halogens is 1. The Morgan fingerprint density at radius 3 is 2.84 bits per heavy atom. The summed E-state index contributed by atoms with van der Waals surface area (Å²) in [4.78, 5) is 23.8. The van der Waals surface area contributed by atoms with Crippen molar-refractivity contribution in [2.75, 3.05) is 12.5 Å². The molecular weight excluding hydrogens is 266 g/mol. The maximum Gasteiger partial charge on any atom is 0.343 e. The van der Waals surface area contributed by atoms with Crippen LogP contribution in [0.2, 0.25) is 0 Å². The number of carbonyl (C=O) groups is 1. The summed E-state index contributed by atoms with van der Waals surface area (Å²) in [6.45, 7) is 1.95. The average molecular weight is 280 g/mol. The molecule has 100 valence electrons. The van der Waals surface area contributed by atoms with E-state index in [1.807, 2.05) is 12.1 Å². The summed E-state index contributed by atoms with van der Waals surface area (Å²) in [5.74, 6) is -0.0619. The number of alkyl halides is 1. The fourth-order valence-electron chi connectivity index (χ4n) is 1.88. The monoisotopic (exact) mass is 279 g/mol. The van der Waals surface area contributed by atoms with Crippen LogP contribution in [-0.2, 0) is 11.2 Å². The highest BCUT2D eigenvalue weighted by atomic mass is 35.5. The third kappa shape index (κ3) is 2.79. The van der Waals surface area contributed by atoms with E-state index in [1.165, 1.54) is 10.5 Å². The Bertz CT molecular complexity index is 663. The topological polar surface area (TPSA) is 47.8 Å². The standard InChI is InChI=1S/C14H14ClNO3/c1-2-19-14(18)12-4-3-11-9-10(5-7-15)6-8-16(11)13(12)17/h3-4,6,8-9H,2,5,7H2,1H3. The van der Waals surface area contributed by atoms with Crippen LogP contribution in [0, 0.1) is 0 Å². The second-order valence-electron chi connectivity index (χ2n) is 4.04. The zero-order valence-corrected chi connectivity index (χ0v) is 11.3. The van der Waals surface area contributed by atoms with E-state index in [0.717, 1.165) is 17.5 Å². The molecule has 2 aromatic rings. The molecule has 0 atom stereocenters. The van der Waals surface area contributed by atoms with Crippen molar-refractivity contribution >= 4 is 23.1 Å². The van der Waals surface area contributed by atoms with Crippen molar-refractivity contribution in [3.8, 4) is 0 Å². The van der Waals surface area contributed by atoms with E-state index in [2.05, 4.69) is 0 Å². The van der Waals surface area contributed by atoms with Crippen LogP contribution in [0.3, 0.4) is 0 Å². The summed E-state index contributed by atoms with van der Waals surface area (Å²) in [6.07, 6.45) is 2.40. The van der Waals surface area contributed by atoms with Gasteiger partial charge in [0, 0.05) is 17.6 Å². The molecule has 2 aromatic heterocycles. The van der Waals surface area contributed by atoms with Crippen LogP contribution in [0.4, 0.5) is 0 Å². The maximum absolute atomic E-state index is 12.1. The van der Waals surface area contributed by atoms with E-state index in [9.17, 15) is 9.59 Å². The molecule has 4 nitrogen and oxygen atoms in total. The van der Waals surface area contributed by atoms with Crippen molar-refractivity contribution in [1.82, 2.24) is 4.40 Å². The quantitative estimate of drug-likeness (QED) is 0.637. The lowest BCUT2D eigenvalue weighted by Gasteiger charge is -2.06. The Morgan fingerprint density at radius 1 is 1.37 bits per heavy atom. The van der Waals surface area contributed by atoms with E-state index in [4.69, 9.17) is 16.3 Å². The molecule has 0 aliphatic heterocycles. The molecule has 0 aliphatic rings. The minimum Gasteiger partial charge on any atom is -0.462 e. The molecule has 0 aliphatic carbocycles. The minimum atomic E-state index is -0.591. The van der Waals surface area contributed by atoms with E-state index in [-0.39, 0.29) is 17.7 Å². The SMILES string of the molecule is CCOC(=O)c1ccc2cc(CCCl)ccn2c1=O. The first kappa shape index (κ1) is 13.6. The van der Waals surface area contributed by atoms with E-state index < -0.39 is 5.97 Å². The number of fused-ring (bicyclic) bond motifs is 1. The highest BCUT2D eigenvalue weighted by molar-refractivity contribution is 6.18. The normalized spacial score (nSPS) is 10.6. The summed E-state index contributed by atoms with van der Waals surface area (Å²) < 4.78 is 6.28. The second-order valence-corrected chi connectivity index (χ2v) is 4.42. The number of rotatable bonds is 4. The molecule has 2 heterocycles. The molecule has 0 aromatic carbocycles. The fraction of sp³-hybridized carbons (Fsp3) is 0.286. The molecule has 0 radical (unpaired) electrons. The van der Waals surface area contributed by atoms with Gasteiger partial charge in [-0.05, 0) is 43.2 Å². The lowest BCUT2D eigenvalue weighted by molar-refractivity contribution is 0.0524. The van der Waals surface area contributed by atoms with Crippen LogP contribution in [-0.4, -0.2) is 22.9 Å². The van der Waals surface area contributed by atoms with Gasteiger partial charge in [0.25, 0.3) is 5.56 Å². The number of hydrogen-bond acceptors (Lipinski definition) is 3.